The molecule has 30 heavy (non-hydrogen) atoms. The van der Waals surface area contributed by atoms with E-state index in [1.807, 2.05) is 0 Å². The Morgan fingerprint density at radius 3 is 1.90 bits per heavy atom. The minimum Gasteiger partial charge on any atom is -0.315 e. The number of aryl methyl sites for hydroxylation is 1. The average Bonchev–Trinajstić information content (AvgIpc) is 3.05. The van der Waals surface area contributed by atoms with Crippen molar-refractivity contribution in [3.8, 4) is 0 Å². The Morgan fingerprint density at radius 1 is 0.700 bits per heavy atom. The predicted molar refractivity (Wildman–Crippen MR) is 133 cm³/mol. The molecule has 2 heterocycles. The van der Waals surface area contributed by atoms with Crippen molar-refractivity contribution in [1.82, 2.24) is 0 Å². The molecule has 0 saturated carbocycles. The zero-order valence-corrected chi connectivity index (χ0v) is 19.0. The summed E-state index contributed by atoms with van der Waals surface area (Å²) < 4.78 is 2.41. The Hall–Kier alpha value is -2.54. The van der Waals surface area contributed by atoms with Crippen LogP contribution in [0, 0.1) is 6.92 Å². The van der Waals surface area contributed by atoms with Crippen molar-refractivity contribution in [2.75, 3.05) is 7.05 Å². The van der Waals surface area contributed by atoms with Gasteiger partial charge in [-0.05, 0) is 41.5 Å². The third-order valence-corrected chi connectivity index (χ3v) is 7.16. The highest BCUT2D eigenvalue weighted by Crippen LogP contribution is 2.21. The van der Waals surface area contributed by atoms with Gasteiger partial charge >= 0.3 is 6.85 Å². The van der Waals surface area contributed by atoms with Crippen molar-refractivity contribution in [1.29, 1.82) is 0 Å². The number of fused-ring (bicyclic) bond motifs is 2. The first-order chi connectivity index (χ1) is 14.4. The van der Waals surface area contributed by atoms with E-state index in [1.54, 1.807) is 0 Å². The van der Waals surface area contributed by atoms with Gasteiger partial charge in [0, 0.05) is 16.5 Å². The van der Waals surface area contributed by atoms with Gasteiger partial charge in [-0.2, -0.15) is 0 Å². The van der Waals surface area contributed by atoms with Gasteiger partial charge in [0.2, 0.25) is 6.71 Å². The number of benzene rings is 3. The molecule has 3 aromatic rings. The first-order valence-corrected chi connectivity index (χ1v) is 11.3. The molecule has 3 aromatic carbocycles. The highest BCUT2D eigenvalue weighted by atomic mass is 14.9. The van der Waals surface area contributed by atoms with E-state index >= 15 is 0 Å². The Kier molecular flexibility index (Phi) is 4.54. The fraction of sp³-hybridized carbons (Fsp3) is 0.296. The van der Waals surface area contributed by atoms with Gasteiger partial charge < -0.3 is 4.49 Å². The smallest absolute Gasteiger partial charge is 0.315 e. The molecule has 0 atom stereocenters. The quantitative estimate of drug-likeness (QED) is 0.604. The monoisotopic (exact) mass is 390 g/mol. The average molecular weight is 390 g/mol. The summed E-state index contributed by atoms with van der Waals surface area (Å²) in [5.41, 5.74) is 13.3. The zero-order valence-electron chi connectivity index (χ0n) is 19.0. The fourth-order valence-corrected chi connectivity index (χ4v) is 5.88. The van der Waals surface area contributed by atoms with Crippen LogP contribution in [-0.4, -0.2) is 31.3 Å². The molecule has 5 rings (SSSR count). The van der Waals surface area contributed by atoms with Gasteiger partial charge in [-0.25, -0.2) is 0 Å². The summed E-state index contributed by atoms with van der Waals surface area (Å²) in [6, 6.07) is 20.8. The SMILES string of the molecule is Cc1cccc2c1B1c3c(cccc3B2c2c(C(C)C)cccc2C(C)C)C=[N+]1C. The highest BCUT2D eigenvalue weighted by molar-refractivity contribution is 7.07. The lowest BCUT2D eigenvalue weighted by Crippen LogP contribution is -2.74. The molecule has 0 unspecified atom stereocenters. The number of hydrogen-bond acceptors (Lipinski definition) is 0. The third-order valence-electron chi connectivity index (χ3n) is 7.16. The minimum atomic E-state index is 0.294. The molecule has 148 valence electrons. The van der Waals surface area contributed by atoms with E-state index in [-0.39, 0.29) is 0 Å². The van der Waals surface area contributed by atoms with E-state index in [9.17, 15) is 0 Å². The molecule has 0 saturated heterocycles. The fourth-order valence-electron chi connectivity index (χ4n) is 5.88. The molecule has 0 aromatic heterocycles. The van der Waals surface area contributed by atoms with Gasteiger partial charge in [0.15, 0.2) is 0 Å². The van der Waals surface area contributed by atoms with E-state index in [0.29, 0.717) is 25.4 Å². The van der Waals surface area contributed by atoms with Crippen LogP contribution >= 0.6 is 0 Å². The van der Waals surface area contributed by atoms with Crippen LogP contribution in [0.15, 0.2) is 54.6 Å². The standard InChI is InChI=1S/C27H30B2N/c1-17(2)21-12-9-13-22(18(3)4)27(21)28-23-14-7-10-19(5)25(23)29-26-20(16-30(29)6)11-8-15-24(26)28/h7-18H,1-6H3/q+1. The Morgan fingerprint density at radius 2 is 1.27 bits per heavy atom. The normalized spacial score (nSPS) is 14.3. The maximum Gasteiger partial charge on any atom is 0.553 e. The van der Waals surface area contributed by atoms with Gasteiger partial charge in [-0.3, -0.25) is 0 Å². The molecule has 2 aliphatic rings. The number of rotatable bonds is 3. The molecule has 0 N–H and O–H groups in total. The summed E-state index contributed by atoms with van der Waals surface area (Å²) in [7, 11) is 2.23. The second-order valence-corrected chi connectivity index (χ2v) is 9.72. The van der Waals surface area contributed by atoms with Crippen LogP contribution < -0.4 is 27.3 Å². The van der Waals surface area contributed by atoms with Crippen molar-refractivity contribution in [2.45, 2.75) is 46.5 Å². The largest absolute Gasteiger partial charge is 0.553 e. The van der Waals surface area contributed by atoms with E-state index < -0.39 is 0 Å². The second-order valence-electron chi connectivity index (χ2n) is 9.72. The molecule has 0 aliphatic carbocycles. The molecular formula is C27H30B2N+. The lowest BCUT2D eigenvalue weighted by molar-refractivity contribution is -0.338. The first-order valence-electron chi connectivity index (χ1n) is 11.3. The van der Waals surface area contributed by atoms with E-state index in [0.717, 1.165) is 0 Å². The minimum absolute atomic E-state index is 0.294. The lowest BCUT2D eigenvalue weighted by atomic mass is 9.24. The summed E-state index contributed by atoms with van der Waals surface area (Å²) in [4.78, 5) is 0. The van der Waals surface area contributed by atoms with Crippen molar-refractivity contribution >= 4 is 47.1 Å². The van der Waals surface area contributed by atoms with Crippen molar-refractivity contribution in [3.05, 3.63) is 76.9 Å². The van der Waals surface area contributed by atoms with Crippen molar-refractivity contribution < 1.29 is 4.49 Å². The van der Waals surface area contributed by atoms with Crippen molar-refractivity contribution in [3.63, 3.8) is 0 Å². The van der Waals surface area contributed by atoms with E-state index in [4.69, 9.17) is 0 Å². The van der Waals surface area contributed by atoms with Crippen molar-refractivity contribution in [2.24, 2.45) is 0 Å². The molecule has 1 nitrogen and oxygen atoms in total. The van der Waals surface area contributed by atoms with Crippen LogP contribution in [0.2, 0.25) is 0 Å². The van der Waals surface area contributed by atoms with Gasteiger partial charge in [0.25, 0.3) is 0 Å². The summed E-state index contributed by atoms with van der Waals surface area (Å²) in [6.07, 6.45) is 2.33. The van der Waals surface area contributed by atoms with Gasteiger partial charge in [0.05, 0.1) is 0 Å². The molecule has 0 spiro atoms. The van der Waals surface area contributed by atoms with E-state index in [1.165, 1.54) is 49.6 Å². The molecule has 0 radical (unpaired) electrons. The second kappa shape index (κ2) is 7.01. The van der Waals surface area contributed by atoms with Crippen LogP contribution in [0.3, 0.4) is 0 Å². The molecule has 0 fully saturated rings. The van der Waals surface area contributed by atoms with Crippen LogP contribution in [0.1, 0.15) is 61.8 Å². The predicted octanol–water partition coefficient (Wildman–Crippen LogP) is 2.25. The van der Waals surface area contributed by atoms with E-state index in [2.05, 4.69) is 107 Å². The summed E-state index contributed by atoms with van der Waals surface area (Å²) in [6.45, 7) is 12.3. The van der Waals surface area contributed by atoms with Gasteiger partial charge in [0.1, 0.15) is 13.3 Å². The zero-order chi connectivity index (χ0) is 21.2. The summed E-state index contributed by atoms with van der Waals surface area (Å²) in [5, 5.41) is 0. The number of nitrogens with zero attached hydrogens (tertiary/aromatic N) is 1. The Labute approximate surface area is 182 Å². The topological polar surface area (TPSA) is 3.01 Å². The maximum absolute atomic E-state index is 2.41. The summed E-state index contributed by atoms with van der Waals surface area (Å²) >= 11 is 0. The first kappa shape index (κ1) is 19.4. The highest BCUT2D eigenvalue weighted by Gasteiger charge is 2.51. The van der Waals surface area contributed by atoms with Gasteiger partial charge in [-0.1, -0.05) is 92.6 Å². The summed E-state index contributed by atoms with van der Waals surface area (Å²) in [5.74, 6) is 0.992. The molecule has 0 bridgehead atoms. The van der Waals surface area contributed by atoms with Gasteiger partial charge in [-0.15, -0.1) is 0 Å². The molecule has 0 amide bonds. The Balaban J connectivity index is 1.90. The lowest BCUT2D eigenvalue weighted by Gasteiger charge is -2.31. The van der Waals surface area contributed by atoms with Crippen LogP contribution in [0.25, 0.3) is 0 Å². The Bertz CT molecular complexity index is 1160. The van der Waals surface area contributed by atoms with Crippen LogP contribution in [0.4, 0.5) is 0 Å². The molecular weight excluding hydrogens is 360 g/mol. The van der Waals surface area contributed by atoms with Crippen LogP contribution in [-0.2, 0) is 0 Å². The van der Waals surface area contributed by atoms with Crippen LogP contribution in [0.5, 0.6) is 0 Å². The third kappa shape index (κ3) is 2.68. The number of hydrogen-bond donors (Lipinski definition) is 0. The molecule has 3 heteroatoms. The maximum atomic E-state index is 2.41. The molecule has 2 aliphatic heterocycles.